The summed E-state index contributed by atoms with van der Waals surface area (Å²) in [7, 11) is 1.49. The second-order valence-electron chi connectivity index (χ2n) is 7.35. The molecule has 0 bridgehead atoms. The minimum atomic E-state index is -0.463. The van der Waals surface area contributed by atoms with Crippen molar-refractivity contribution in [2.45, 2.75) is 32.2 Å². The Morgan fingerprint density at radius 3 is 2.85 bits per heavy atom. The normalized spacial score (nSPS) is 15.1. The number of benzene rings is 1. The van der Waals surface area contributed by atoms with Gasteiger partial charge in [0, 0.05) is 37.5 Å². The van der Waals surface area contributed by atoms with Crippen LogP contribution in [0.3, 0.4) is 0 Å². The van der Waals surface area contributed by atoms with Gasteiger partial charge in [0.2, 0.25) is 0 Å². The maximum Gasteiger partial charge on any atom is 0.263 e. The fourth-order valence-electron chi connectivity index (χ4n) is 3.65. The molecule has 0 saturated heterocycles. The topological polar surface area (TPSA) is 80.2 Å². The first kappa shape index (κ1) is 17.5. The monoisotopic (exact) mass is 365 g/mol. The van der Waals surface area contributed by atoms with Gasteiger partial charge < -0.3 is 15.2 Å². The van der Waals surface area contributed by atoms with Gasteiger partial charge >= 0.3 is 0 Å². The Labute approximate surface area is 157 Å². The first-order valence-corrected chi connectivity index (χ1v) is 9.41. The summed E-state index contributed by atoms with van der Waals surface area (Å²) in [6, 6.07) is 7.43. The standard InChI is InChI=1S/C21H23N3O3/c1-22-20(26)17-10-15(19(25)9-13-5-6-13)12-24(21(17)27)11-14-3-2-4-18-16(14)7-8-23-18/h2-4,10,12-13,23H,5-9,11H2,1H3,(H,22,26). The summed E-state index contributed by atoms with van der Waals surface area (Å²) >= 11 is 0. The Bertz CT molecular complexity index is 973. The molecule has 1 fully saturated rings. The molecule has 2 heterocycles. The molecule has 0 atom stereocenters. The predicted molar refractivity (Wildman–Crippen MR) is 104 cm³/mol. The van der Waals surface area contributed by atoms with Crippen LogP contribution in [0.4, 0.5) is 5.69 Å². The third-order valence-corrected chi connectivity index (χ3v) is 5.35. The van der Waals surface area contributed by atoms with E-state index in [-0.39, 0.29) is 16.9 Å². The molecular formula is C21H23N3O3. The number of amides is 1. The van der Waals surface area contributed by atoms with Crippen LogP contribution in [0.1, 0.15) is 51.1 Å². The van der Waals surface area contributed by atoms with Crippen molar-refractivity contribution in [1.29, 1.82) is 0 Å². The van der Waals surface area contributed by atoms with Crippen LogP contribution in [0.5, 0.6) is 0 Å². The van der Waals surface area contributed by atoms with Crippen molar-refractivity contribution in [3.63, 3.8) is 0 Å². The molecule has 6 nitrogen and oxygen atoms in total. The van der Waals surface area contributed by atoms with Crippen LogP contribution >= 0.6 is 0 Å². The summed E-state index contributed by atoms with van der Waals surface area (Å²) in [6.07, 6.45) is 5.16. The lowest BCUT2D eigenvalue weighted by atomic mass is 10.0. The van der Waals surface area contributed by atoms with E-state index in [1.54, 1.807) is 6.20 Å². The van der Waals surface area contributed by atoms with E-state index in [2.05, 4.69) is 10.6 Å². The van der Waals surface area contributed by atoms with Crippen LogP contribution in [0.15, 0.2) is 35.3 Å². The zero-order valence-corrected chi connectivity index (χ0v) is 15.4. The second-order valence-corrected chi connectivity index (χ2v) is 7.35. The van der Waals surface area contributed by atoms with Gasteiger partial charge in [0.15, 0.2) is 5.78 Å². The molecule has 27 heavy (non-hydrogen) atoms. The Hall–Kier alpha value is -2.89. The number of carbonyl (C=O) groups excluding carboxylic acids is 2. The molecule has 1 saturated carbocycles. The Morgan fingerprint density at radius 1 is 1.30 bits per heavy atom. The minimum Gasteiger partial charge on any atom is -0.384 e. The summed E-state index contributed by atoms with van der Waals surface area (Å²) in [5.74, 6) is -0.0177. The summed E-state index contributed by atoms with van der Waals surface area (Å²) in [5, 5.41) is 5.83. The first-order chi connectivity index (χ1) is 13.1. The van der Waals surface area contributed by atoms with Crippen LogP contribution in [-0.4, -0.2) is 29.8 Å². The van der Waals surface area contributed by atoms with E-state index in [0.29, 0.717) is 24.4 Å². The highest BCUT2D eigenvalue weighted by atomic mass is 16.2. The van der Waals surface area contributed by atoms with Gasteiger partial charge in [-0.05, 0) is 48.4 Å². The van der Waals surface area contributed by atoms with Gasteiger partial charge in [-0.15, -0.1) is 0 Å². The molecule has 6 heteroatoms. The van der Waals surface area contributed by atoms with Crippen molar-refractivity contribution in [2.24, 2.45) is 5.92 Å². The largest absolute Gasteiger partial charge is 0.384 e. The fraction of sp³-hybridized carbons (Fsp3) is 0.381. The maximum atomic E-state index is 12.9. The number of nitrogens with one attached hydrogen (secondary N) is 2. The van der Waals surface area contributed by atoms with Crippen LogP contribution in [0, 0.1) is 5.92 Å². The number of anilines is 1. The van der Waals surface area contributed by atoms with Gasteiger partial charge in [-0.25, -0.2) is 0 Å². The van der Waals surface area contributed by atoms with E-state index < -0.39 is 5.91 Å². The Kier molecular flexibility index (Phi) is 4.56. The first-order valence-electron chi connectivity index (χ1n) is 9.41. The zero-order chi connectivity index (χ0) is 19.0. The fourth-order valence-corrected chi connectivity index (χ4v) is 3.65. The molecule has 0 radical (unpaired) electrons. The minimum absolute atomic E-state index is 0.00337. The van der Waals surface area contributed by atoms with E-state index >= 15 is 0 Å². The van der Waals surface area contributed by atoms with E-state index in [1.165, 1.54) is 23.2 Å². The number of fused-ring (bicyclic) bond motifs is 1. The van der Waals surface area contributed by atoms with Crippen molar-refractivity contribution >= 4 is 17.4 Å². The van der Waals surface area contributed by atoms with Gasteiger partial charge in [0.25, 0.3) is 11.5 Å². The zero-order valence-electron chi connectivity index (χ0n) is 15.4. The number of carbonyl (C=O) groups is 2. The summed E-state index contributed by atoms with van der Waals surface area (Å²) in [6.45, 7) is 1.23. The van der Waals surface area contributed by atoms with Gasteiger partial charge in [-0.1, -0.05) is 12.1 Å². The molecule has 140 valence electrons. The highest BCUT2D eigenvalue weighted by molar-refractivity contribution is 6.00. The Balaban J connectivity index is 1.74. The smallest absolute Gasteiger partial charge is 0.263 e. The van der Waals surface area contributed by atoms with Crippen LogP contribution < -0.4 is 16.2 Å². The highest BCUT2D eigenvalue weighted by Gasteiger charge is 2.26. The van der Waals surface area contributed by atoms with E-state index in [0.717, 1.165) is 37.1 Å². The number of hydrogen-bond acceptors (Lipinski definition) is 4. The molecule has 1 aliphatic heterocycles. The van der Waals surface area contributed by atoms with Gasteiger partial charge in [0.1, 0.15) is 5.56 Å². The molecule has 4 rings (SSSR count). The summed E-state index contributed by atoms with van der Waals surface area (Å²) in [4.78, 5) is 37.7. The number of nitrogens with zero attached hydrogens (tertiary/aromatic N) is 1. The number of aromatic nitrogens is 1. The third-order valence-electron chi connectivity index (χ3n) is 5.35. The molecule has 1 aromatic carbocycles. The average Bonchev–Trinajstić information content (AvgIpc) is 3.35. The molecule has 2 N–H and O–H groups in total. The van der Waals surface area contributed by atoms with Gasteiger partial charge in [0.05, 0.1) is 6.54 Å². The van der Waals surface area contributed by atoms with E-state index in [1.807, 2.05) is 18.2 Å². The molecule has 0 spiro atoms. The van der Waals surface area contributed by atoms with Crippen molar-refractivity contribution in [3.05, 3.63) is 63.1 Å². The highest BCUT2D eigenvalue weighted by Crippen LogP contribution is 2.33. The van der Waals surface area contributed by atoms with Crippen molar-refractivity contribution in [3.8, 4) is 0 Å². The number of hydrogen-bond donors (Lipinski definition) is 2. The van der Waals surface area contributed by atoms with E-state index in [9.17, 15) is 14.4 Å². The maximum absolute atomic E-state index is 12.9. The number of Topliss-reactive ketones (excluding diaryl/α,β-unsaturated/α-hetero) is 1. The SMILES string of the molecule is CNC(=O)c1cc(C(=O)CC2CC2)cn(Cc2cccc3c2CCN3)c1=O. The molecule has 1 aromatic heterocycles. The van der Waals surface area contributed by atoms with Crippen LogP contribution in [-0.2, 0) is 13.0 Å². The third kappa shape index (κ3) is 3.52. The molecule has 1 aliphatic carbocycles. The molecule has 2 aliphatic rings. The number of ketones is 1. The van der Waals surface area contributed by atoms with Crippen LogP contribution in [0.25, 0.3) is 0 Å². The van der Waals surface area contributed by atoms with Crippen molar-refractivity contribution < 1.29 is 9.59 Å². The molecule has 2 aromatic rings. The molecular weight excluding hydrogens is 342 g/mol. The number of rotatable bonds is 6. The lowest BCUT2D eigenvalue weighted by molar-refractivity contribution is 0.0961. The Morgan fingerprint density at radius 2 is 2.11 bits per heavy atom. The quantitative estimate of drug-likeness (QED) is 0.769. The molecule has 0 unspecified atom stereocenters. The van der Waals surface area contributed by atoms with Crippen molar-refractivity contribution in [1.82, 2.24) is 9.88 Å². The average molecular weight is 365 g/mol. The van der Waals surface area contributed by atoms with E-state index in [4.69, 9.17) is 0 Å². The van der Waals surface area contributed by atoms with Gasteiger partial charge in [-0.3, -0.25) is 14.4 Å². The second kappa shape index (κ2) is 7.02. The predicted octanol–water partition coefficient (Wildman–Crippen LogP) is 2.21. The summed E-state index contributed by atoms with van der Waals surface area (Å²) in [5.41, 5.74) is 3.40. The lowest BCUT2D eigenvalue weighted by Crippen LogP contribution is -2.32. The summed E-state index contributed by atoms with van der Waals surface area (Å²) < 4.78 is 1.50. The van der Waals surface area contributed by atoms with Crippen molar-refractivity contribution in [2.75, 3.05) is 18.9 Å². The van der Waals surface area contributed by atoms with Gasteiger partial charge in [-0.2, -0.15) is 0 Å². The lowest BCUT2D eigenvalue weighted by Gasteiger charge is -2.13. The number of pyridine rings is 1. The molecule has 1 amide bonds. The van der Waals surface area contributed by atoms with Crippen LogP contribution in [0.2, 0.25) is 0 Å².